The number of benzene rings is 1. The second-order valence-corrected chi connectivity index (χ2v) is 5.77. The molecule has 1 rings (SSSR count). The molecule has 1 aromatic carbocycles. The van der Waals surface area contributed by atoms with Gasteiger partial charge in [-0.05, 0) is 6.07 Å². The molecule has 0 aliphatic carbocycles. The van der Waals surface area contributed by atoms with Crippen molar-refractivity contribution in [2.75, 3.05) is 11.9 Å². The van der Waals surface area contributed by atoms with Crippen molar-refractivity contribution >= 4 is 33.3 Å². The highest BCUT2D eigenvalue weighted by Crippen LogP contribution is 2.29. The van der Waals surface area contributed by atoms with Crippen molar-refractivity contribution in [1.29, 1.82) is 0 Å². The second kappa shape index (κ2) is 6.16. The molecule has 0 saturated heterocycles. The highest BCUT2D eigenvalue weighted by molar-refractivity contribution is 7.86. The molecule has 0 spiro atoms. The lowest BCUT2D eigenvalue weighted by Gasteiger charge is -2.11. The highest BCUT2D eigenvalue weighted by atomic mass is 35.5. The Morgan fingerprint density at radius 3 is 2.43 bits per heavy atom. The van der Waals surface area contributed by atoms with Crippen LogP contribution in [0.3, 0.4) is 0 Å². The topological polar surface area (TPSA) is 72.5 Å². The number of alkyl halides is 3. The van der Waals surface area contributed by atoms with Crippen LogP contribution in [0, 0.1) is 5.82 Å². The van der Waals surface area contributed by atoms with Crippen LogP contribution in [0.5, 0.6) is 0 Å². The molecule has 1 amide bonds. The molecule has 0 radical (unpaired) electrons. The summed E-state index contributed by atoms with van der Waals surface area (Å²) in [4.78, 5) is 9.65. The van der Waals surface area contributed by atoms with E-state index in [1.54, 1.807) is 0 Å². The van der Waals surface area contributed by atoms with Crippen LogP contribution in [0.4, 0.5) is 23.2 Å². The molecular formula is C10H8ClF4NO4S. The molecule has 5 nitrogen and oxygen atoms in total. The lowest BCUT2D eigenvalue weighted by molar-refractivity contribution is -0.152. The van der Waals surface area contributed by atoms with Gasteiger partial charge in [0.05, 0.1) is 10.7 Å². The predicted molar refractivity (Wildman–Crippen MR) is 64.9 cm³/mol. The molecule has 21 heavy (non-hydrogen) atoms. The van der Waals surface area contributed by atoms with E-state index in [1.165, 1.54) is 0 Å². The quantitative estimate of drug-likeness (QED) is 0.670. The molecule has 0 fully saturated rings. The first-order valence-corrected chi connectivity index (χ1v) is 6.94. The molecule has 0 saturated carbocycles. The third kappa shape index (κ3) is 5.14. The number of halogens is 5. The van der Waals surface area contributed by atoms with E-state index in [-0.39, 0.29) is 10.7 Å². The normalized spacial score (nSPS) is 12.3. The number of carbonyl (C=O) groups excluding carboxylic acids is 1. The Kier molecular flexibility index (Phi) is 5.18. The van der Waals surface area contributed by atoms with E-state index in [4.69, 9.17) is 11.6 Å². The largest absolute Gasteiger partial charge is 0.413 e. The number of nitrogens with one attached hydrogen (secondary N) is 1. The van der Waals surface area contributed by atoms with E-state index in [2.05, 4.69) is 9.50 Å². The summed E-state index contributed by atoms with van der Waals surface area (Å²) in [6.45, 7) is -0.995. The molecule has 118 valence electrons. The summed E-state index contributed by atoms with van der Waals surface area (Å²) in [5.74, 6) is -2.01. The van der Waals surface area contributed by atoms with Gasteiger partial charge >= 0.3 is 6.18 Å². The van der Waals surface area contributed by atoms with Crippen molar-refractivity contribution in [1.82, 2.24) is 0 Å². The van der Waals surface area contributed by atoms with E-state index in [9.17, 15) is 30.8 Å². The highest BCUT2D eigenvalue weighted by Gasteiger charge is 2.33. The predicted octanol–water partition coefficient (Wildman–Crippen LogP) is 2.71. The Bertz CT molecular complexity index is 660. The summed E-state index contributed by atoms with van der Waals surface area (Å²) in [5.41, 5.74) is -0.226. The van der Waals surface area contributed by atoms with Crippen LogP contribution in [-0.4, -0.2) is 27.1 Å². The number of carbonyl (C=O) groups is 1. The van der Waals surface area contributed by atoms with E-state index >= 15 is 0 Å². The number of anilines is 1. The van der Waals surface area contributed by atoms with Gasteiger partial charge in [0.2, 0.25) is 5.91 Å². The smallest absolute Gasteiger partial charge is 0.325 e. The van der Waals surface area contributed by atoms with Gasteiger partial charge in [0, 0.05) is 13.0 Å². The van der Waals surface area contributed by atoms with Gasteiger partial charge in [0.15, 0.2) is 6.61 Å². The van der Waals surface area contributed by atoms with Crippen LogP contribution >= 0.6 is 11.6 Å². The van der Waals surface area contributed by atoms with Gasteiger partial charge in [0.1, 0.15) is 10.7 Å². The number of amides is 1. The fraction of sp³-hybridized carbons (Fsp3) is 0.300. The maximum atomic E-state index is 13.6. The fourth-order valence-corrected chi connectivity index (χ4v) is 2.46. The zero-order valence-electron chi connectivity index (χ0n) is 10.3. The zero-order chi connectivity index (χ0) is 16.4. The second-order valence-electron chi connectivity index (χ2n) is 3.78. The number of rotatable bonds is 4. The standard InChI is InChI=1S/C10H8ClF4NO4S/c1-5(17)16-8-3-7(12)9(2-6(8)11)21(18,19)20-4-10(13,14)15/h2-3H,4H2,1H3,(H,16,17). The first-order valence-electron chi connectivity index (χ1n) is 5.15. The van der Waals surface area contributed by atoms with Gasteiger partial charge in [-0.1, -0.05) is 11.6 Å². The maximum absolute atomic E-state index is 13.6. The van der Waals surface area contributed by atoms with Gasteiger partial charge in [-0.3, -0.25) is 8.98 Å². The molecule has 0 heterocycles. The summed E-state index contributed by atoms with van der Waals surface area (Å²) in [5, 5.41) is 1.75. The molecule has 0 aliphatic heterocycles. The zero-order valence-corrected chi connectivity index (χ0v) is 11.9. The summed E-state index contributed by atoms with van der Waals surface area (Å²) in [6, 6.07) is 1.11. The molecule has 0 aromatic heterocycles. The average Bonchev–Trinajstić information content (AvgIpc) is 2.29. The van der Waals surface area contributed by atoms with Crippen molar-refractivity contribution in [3.8, 4) is 0 Å². The van der Waals surface area contributed by atoms with Crippen LogP contribution < -0.4 is 5.32 Å². The minimum Gasteiger partial charge on any atom is -0.325 e. The number of hydrogen-bond donors (Lipinski definition) is 1. The van der Waals surface area contributed by atoms with Crippen LogP contribution in [0.15, 0.2) is 17.0 Å². The molecule has 0 aliphatic rings. The van der Waals surface area contributed by atoms with Crippen LogP contribution in [-0.2, 0) is 19.1 Å². The van der Waals surface area contributed by atoms with Crippen molar-refractivity contribution in [3.63, 3.8) is 0 Å². The maximum Gasteiger partial charge on any atom is 0.413 e. The van der Waals surface area contributed by atoms with E-state index < -0.39 is 39.5 Å². The third-order valence-corrected chi connectivity index (χ3v) is 3.57. The fourth-order valence-electron chi connectivity index (χ4n) is 1.21. The van der Waals surface area contributed by atoms with Crippen molar-refractivity contribution in [2.24, 2.45) is 0 Å². The van der Waals surface area contributed by atoms with Crippen LogP contribution in [0.25, 0.3) is 0 Å². The minimum absolute atomic E-state index is 0.226. The van der Waals surface area contributed by atoms with Crippen molar-refractivity contribution < 1.29 is 35.0 Å². The number of hydrogen-bond acceptors (Lipinski definition) is 4. The van der Waals surface area contributed by atoms with Crippen molar-refractivity contribution in [2.45, 2.75) is 18.0 Å². The lowest BCUT2D eigenvalue weighted by Crippen LogP contribution is -2.21. The van der Waals surface area contributed by atoms with Crippen LogP contribution in [0.2, 0.25) is 5.02 Å². The molecule has 11 heteroatoms. The molecular weight excluding hydrogens is 342 g/mol. The Balaban J connectivity index is 3.14. The Hall–Kier alpha value is -1.39. The third-order valence-electron chi connectivity index (χ3n) is 1.98. The molecule has 1 N–H and O–H groups in total. The first-order chi connectivity index (χ1) is 9.42. The minimum atomic E-state index is -4.98. The van der Waals surface area contributed by atoms with E-state index in [0.29, 0.717) is 12.1 Å². The Morgan fingerprint density at radius 1 is 1.38 bits per heavy atom. The van der Waals surface area contributed by atoms with Gasteiger partial charge in [0.25, 0.3) is 10.1 Å². The summed E-state index contributed by atoms with van der Waals surface area (Å²) >= 11 is 5.62. The Morgan fingerprint density at radius 2 is 1.95 bits per heavy atom. The summed E-state index contributed by atoms with van der Waals surface area (Å²) in [7, 11) is -4.98. The van der Waals surface area contributed by atoms with E-state index in [1.807, 2.05) is 0 Å². The summed E-state index contributed by atoms with van der Waals surface area (Å²) < 4.78 is 76.1. The molecule has 0 unspecified atom stereocenters. The van der Waals surface area contributed by atoms with Crippen LogP contribution in [0.1, 0.15) is 6.92 Å². The first kappa shape index (κ1) is 17.7. The monoisotopic (exact) mass is 349 g/mol. The van der Waals surface area contributed by atoms with Gasteiger partial charge < -0.3 is 5.32 Å². The average molecular weight is 350 g/mol. The van der Waals surface area contributed by atoms with E-state index in [0.717, 1.165) is 6.92 Å². The molecule has 0 atom stereocenters. The van der Waals surface area contributed by atoms with Crippen molar-refractivity contribution in [3.05, 3.63) is 23.0 Å². The van der Waals surface area contributed by atoms with Gasteiger partial charge in [-0.25, -0.2) is 4.39 Å². The van der Waals surface area contributed by atoms with Gasteiger partial charge in [-0.2, -0.15) is 21.6 Å². The SMILES string of the molecule is CC(=O)Nc1cc(F)c(S(=O)(=O)OCC(F)(F)F)cc1Cl. The molecule has 1 aromatic rings. The van der Waals surface area contributed by atoms with Gasteiger partial charge in [-0.15, -0.1) is 0 Å². The molecule has 0 bridgehead atoms. The lowest BCUT2D eigenvalue weighted by atomic mass is 10.3. The Labute approximate surface area is 122 Å². The summed E-state index contributed by atoms with van der Waals surface area (Å²) in [6.07, 6.45) is -4.90.